The van der Waals surface area contributed by atoms with Gasteiger partial charge in [-0.3, -0.25) is 0 Å². The van der Waals surface area contributed by atoms with Crippen LogP contribution in [0.3, 0.4) is 0 Å². The SMILES string of the molecule is COc1ccc(OCCNc2nc(C)cc(Nc3cc(C)cc(C)c3)n2)cc1. The van der Waals surface area contributed by atoms with E-state index >= 15 is 0 Å². The average Bonchev–Trinajstić information content (AvgIpc) is 2.64. The Hall–Kier alpha value is -3.28. The van der Waals surface area contributed by atoms with E-state index in [4.69, 9.17) is 9.47 Å². The van der Waals surface area contributed by atoms with Crippen molar-refractivity contribution in [1.82, 2.24) is 9.97 Å². The van der Waals surface area contributed by atoms with E-state index in [9.17, 15) is 0 Å². The first-order chi connectivity index (χ1) is 13.5. The molecule has 0 unspecified atom stereocenters. The molecule has 0 bridgehead atoms. The molecule has 2 N–H and O–H groups in total. The summed E-state index contributed by atoms with van der Waals surface area (Å²) in [6.07, 6.45) is 0. The Balaban J connectivity index is 1.56. The van der Waals surface area contributed by atoms with Crippen LogP contribution in [0, 0.1) is 20.8 Å². The summed E-state index contributed by atoms with van der Waals surface area (Å²) >= 11 is 0. The third-order valence-corrected chi connectivity index (χ3v) is 4.06. The maximum atomic E-state index is 5.72. The molecule has 0 radical (unpaired) electrons. The number of nitrogens with one attached hydrogen (secondary N) is 2. The van der Waals surface area contributed by atoms with Crippen LogP contribution in [-0.4, -0.2) is 30.2 Å². The van der Waals surface area contributed by atoms with Gasteiger partial charge < -0.3 is 20.1 Å². The number of hydrogen-bond donors (Lipinski definition) is 2. The lowest BCUT2D eigenvalue weighted by Gasteiger charge is -2.12. The molecule has 0 atom stereocenters. The first-order valence-electron chi connectivity index (χ1n) is 9.23. The molecule has 0 aliphatic carbocycles. The minimum atomic E-state index is 0.503. The standard InChI is InChI=1S/C22H26N4O2/c1-15-11-16(2)13-18(12-15)25-21-14-17(3)24-22(26-21)23-9-10-28-20-7-5-19(27-4)6-8-20/h5-8,11-14H,9-10H2,1-4H3,(H2,23,24,25,26). The molecule has 28 heavy (non-hydrogen) atoms. The van der Waals surface area contributed by atoms with Crippen LogP contribution in [0.5, 0.6) is 11.5 Å². The smallest absolute Gasteiger partial charge is 0.224 e. The highest BCUT2D eigenvalue weighted by Crippen LogP contribution is 2.20. The topological polar surface area (TPSA) is 68.3 Å². The van der Waals surface area contributed by atoms with E-state index in [0.717, 1.165) is 28.7 Å². The van der Waals surface area contributed by atoms with Gasteiger partial charge in [0.15, 0.2) is 0 Å². The Morgan fingerprint density at radius 2 is 1.54 bits per heavy atom. The van der Waals surface area contributed by atoms with Crippen LogP contribution in [0.15, 0.2) is 48.5 Å². The molecule has 146 valence electrons. The summed E-state index contributed by atoms with van der Waals surface area (Å²) < 4.78 is 10.9. The molecule has 3 rings (SSSR count). The summed E-state index contributed by atoms with van der Waals surface area (Å²) in [4.78, 5) is 8.99. The molecule has 0 saturated heterocycles. The fourth-order valence-electron chi connectivity index (χ4n) is 2.91. The van der Waals surface area contributed by atoms with E-state index in [0.29, 0.717) is 19.1 Å². The molecule has 2 aromatic carbocycles. The Labute approximate surface area is 166 Å². The quantitative estimate of drug-likeness (QED) is 0.556. The Morgan fingerprint density at radius 3 is 2.21 bits per heavy atom. The van der Waals surface area contributed by atoms with E-state index in [1.54, 1.807) is 7.11 Å². The second-order valence-electron chi connectivity index (χ2n) is 6.67. The Bertz CT molecular complexity index is 906. The van der Waals surface area contributed by atoms with Gasteiger partial charge in [-0.05, 0) is 68.3 Å². The molecule has 6 heteroatoms. The number of methoxy groups -OCH3 is 1. The van der Waals surface area contributed by atoms with Crippen LogP contribution >= 0.6 is 0 Å². The van der Waals surface area contributed by atoms with Gasteiger partial charge in [0, 0.05) is 17.4 Å². The summed E-state index contributed by atoms with van der Waals surface area (Å²) in [5, 5.41) is 6.57. The third-order valence-electron chi connectivity index (χ3n) is 4.06. The number of anilines is 3. The number of aryl methyl sites for hydroxylation is 3. The van der Waals surface area contributed by atoms with Gasteiger partial charge in [0.1, 0.15) is 23.9 Å². The summed E-state index contributed by atoms with van der Waals surface area (Å²) in [6.45, 7) is 7.22. The van der Waals surface area contributed by atoms with Crippen molar-refractivity contribution in [1.29, 1.82) is 0 Å². The number of nitrogens with zero attached hydrogens (tertiary/aromatic N) is 2. The van der Waals surface area contributed by atoms with Crippen LogP contribution < -0.4 is 20.1 Å². The fourth-order valence-corrected chi connectivity index (χ4v) is 2.91. The minimum absolute atomic E-state index is 0.503. The van der Waals surface area contributed by atoms with Gasteiger partial charge in [0.05, 0.1) is 13.7 Å². The van der Waals surface area contributed by atoms with Gasteiger partial charge in [-0.25, -0.2) is 4.98 Å². The molecular weight excluding hydrogens is 352 g/mol. The van der Waals surface area contributed by atoms with Crippen LogP contribution in [0.4, 0.5) is 17.5 Å². The van der Waals surface area contributed by atoms with Crippen molar-refractivity contribution in [2.75, 3.05) is 30.9 Å². The molecule has 1 aromatic heterocycles. The molecule has 3 aromatic rings. The fraction of sp³-hybridized carbons (Fsp3) is 0.273. The van der Waals surface area contributed by atoms with Crippen molar-refractivity contribution in [3.05, 3.63) is 65.4 Å². The lowest BCUT2D eigenvalue weighted by molar-refractivity contribution is 0.331. The van der Waals surface area contributed by atoms with Crippen LogP contribution in [0.25, 0.3) is 0 Å². The van der Waals surface area contributed by atoms with E-state index in [1.807, 2.05) is 37.3 Å². The second-order valence-corrected chi connectivity index (χ2v) is 6.67. The van der Waals surface area contributed by atoms with E-state index in [1.165, 1.54) is 11.1 Å². The van der Waals surface area contributed by atoms with Gasteiger partial charge in [-0.15, -0.1) is 0 Å². The van der Waals surface area contributed by atoms with Crippen LogP contribution in [0.1, 0.15) is 16.8 Å². The summed E-state index contributed by atoms with van der Waals surface area (Å²) in [5.74, 6) is 2.94. The third kappa shape index (κ3) is 5.61. The summed E-state index contributed by atoms with van der Waals surface area (Å²) in [5.41, 5.74) is 4.33. The minimum Gasteiger partial charge on any atom is -0.497 e. The number of hydrogen-bond acceptors (Lipinski definition) is 6. The van der Waals surface area contributed by atoms with Gasteiger partial charge in [0.2, 0.25) is 5.95 Å². The van der Waals surface area contributed by atoms with Gasteiger partial charge >= 0.3 is 0 Å². The molecule has 0 aliphatic heterocycles. The normalized spacial score (nSPS) is 10.4. The molecule has 0 spiro atoms. The van der Waals surface area contributed by atoms with Gasteiger partial charge in [-0.1, -0.05) is 6.07 Å². The molecular formula is C22H26N4O2. The van der Waals surface area contributed by atoms with E-state index < -0.39 is 0 Å². The number of benzene rings is 2. The highest BCUT2D eigenvalue weighted by atomic mass is 16.5. The molecule has 0 amide bonds. The lowest BCUT2D eigenvalue weighted by Crippen LogP contribution is -2.14. The monoisotopic (exact) mass is 378 g/mol. The predicted octanol–water partition coefficient (Wildman–Crippen LogP) is 4.64. The Morgan fingerprint density at radius 1 is 0.857 bits per heavy atom. The molecule has 6 nitrogen and oxygen atoms in total. The molecule has 1 heterocycles. The van der Waals surface area contributed by atoms with Gasteiger partial charge in [0.25, 0.3) is 0 Å². The summed E-state index contributed by atoms with van der Waals surface area (Å²) in [6, 6.07) is 15.8. The van der Waals surface area contributed by atoms with Crippen LogP contribution in [-0.2, 0) is 0 Å². The van der Waals surface area contributed by atoms with Crippen molar-refractivity contribution in [3.8, 4) is 11.5 Å². The summed E-state index contributed by atoms with van der Waals surface area (Å²) in [7, 11) is 1.64. The molecule has 0 aliphatic rings. The first-order valence-corrected chi connectivity index (χ1v) is 9.23. The number of ether oxygens (including phenoxy) is 2. The predicted molar refractivity (Wildman–Crippen MR) is 113 cm³/mol. The average molecular weight is 378 g/mol. The lowest BCUT2D eigenvalue weighted by atomic mass is 10.1. The maximum Gasteiger partial charge on any atom is 0.224 e. The zero-order valence-corrected chi connectivity index (χ0v) is 16.7. The second kappa shape index (κ2) is 9.08. The molecule has 0 saturated carbocycles. The van der Waals surface area contributed by atoms with Crippen molar-refractivity contribution >= 4 is 17.5 Å². The van der Waals surface area contributed by atoms with E-state index in [-0.39, 0.29) is 0 Å². The number of aromatic nitrogens is 2. The Kier molecular flexibility index (Phi) is 6.32. The van der Waals surface area contributed by atoms with Crippen molar-refractivity contribution in [2.45, 2.75) is 20.8 Å². The zero-order valence-electron chi connectivity index (χ0n) is 16.7. The maximum absolute atomic E-state index is 5.72. The number of rotatable bonds is 8. The van der Waals surface area contributed by atoms with Crippen LogP contribution in [0.2, 0.25) is 0 Å². The zero-order chi connectivity index (χ0) is 19.9. The van der Waals surface area contributed by atoms with Crippen molar-refractivity contribution < 1.29 is 9.47 Å². The van der Waals surface area contributed by atoms with Crippen molar-refractivity contribution in [2.24, 2.45) is 0 Å². The largest absolute Gasteiger partial charge is 0.497 e. The highest BCUT2D eigenvalue weighted by molar-refractivity contribution is 5.59. The van der Waals surface area contributed by atoms with Crippen molar-refractivity contribution in [3.63, 3.8) is 0 Å². The molecule has 0 fully saturated rings. The first kappa shape index (κ1) is 19.5. The highest BCUT2D eigenvalue weighted by Gasteiger charge is 2.04. The van der Waals surface area contributed by atoms with Gasteiger partial charge in [-0.2, -0.15) is 4.98 Å². The van der Waals surface area contributed by atoms with E-state index in [2.05, 4.69) is 52.6 Å².